The van der Waals surface area contributed by atoms with Gasteiger partial charge in [0.25, 0.3) is 11.8 Å². The van der Waals surface area contributed by atoms with Gasteiger partial charge in [0.2, 0.25) is 0 Å². The molecule has 2 atom stereocenters. The van der Waals surface area contributed by atoms with E-state index in [2.05, 4.69) is 16.0 Å². The van der Waals surface area contributed by atoms with Gasteiger partial charge in [0.05, 0.1) is 23.4 Å². The van der Waals surface area contributed by atoms with E-state index in [-0.39, 0.29) is 17.9 Å². The zero-order valence-electron chi connectivity index (χ0n) is 20.5. The van der Waals surface area contributed by atoms with E-state index in [1.165, 1.54) is 7.11 Å². The lowest BCUT2D eigenvalue weighted by atomic mass is 9.93. The van der Waals surface area contributed by atoms with Crippen molar-refractivity contribution in [2.45, 2.75) is 31.7 Å². The van der Waals surface area contributed by atoms with E-state index < -0.39 is 0 Å². The van der Waals surface area contributed by atoms with Crippen LogP contribution in [0.15, 0.2) is 54.6 Å². The van der Waals surface area contributed by atoms with Gasteiger partial charge in [-0.05, 0) is 73.7 Å². The van der Waals surface area contributed by atoms with E-state index in [9.17, 15) is 9.59 Å². The summed E-state index contributed by atoms with van der Waals surface area (Å²) in [5.74, 6) is 0.443. The number of anilines is 1. The fourth-order valence-electron chi connectivity index (χ4n) is 4.73. The van der Waals surface area contributed by atoms with E-state index in [1.54, 1.807) is 12.1 Å². The molecule has 7 nitrogen and oxygen atoms in total. The summed E-state index contributed by atoms with van der Waals surface area (Å²) in [5.41, 5.74) is 7.26. The number of ether oxygens (including phenoxy) is 1. The Morgan fingerprint density at radius 2 is 1.92 bits per heavy atom. The summed E-state index contributed by atoms with van der Waals surface area (Å²) in [6, 6.07) is 16.9. The number of unbranched alkanes of at least 4 members (excludes halogenated alkanes) is 1. The minimum atomic E-state index is -0.227. The number of nitrogens with one attached hydrogen (secondary N) is 3. The van der Waals surface area contributed by atoms with E-state index in [0.717, 1.165) is 49.5 Å². The van der Waals surface area contributed by atoms with Crippen molar-refractivity contribution in [2.24, 2.45) is 5.92 Å². The average molecular weight is 509 g/mol. The first kappa shape index (κ1) is 25.8. The molecule has 8 heteroatoms. The van der Waals surface area contributed by atoms with E-state index in [0.29, 0.717) is 40.0 Å². The van der Waals surface area contributed by atoms with Crippen LogP contribution in [0.2, 0.25) is 5.02 Å². The van der Waals surface area contributed by atoms with Crippen LogP contribution in [0.4, 0.5) is 5.69 Å². The molecule has 36 heavy (non-hydrogen) atoms. The summed E-state index contributed by atoms with van der Waals surface area (Å²) in [6.07, 6.45) is 3.51. The average Bonchev–Trinajstić information content (AvgIpc) is 3.43. The third-order valence-electron chi connectivity index (χ3n) is 6.79. The van der Waals surface area contributed by atoms with Crippen molar-refractivity contribution in [3.8, 4) is 5.75 Å². The van der Waals surface area contributed by atoms with Crippen LogP contribution in [0, 0.1) is 5.92 Å². The van der Waals surface area contributed by atoms with Gasteiger partial charge in [-0.3, -0.25) is 9.59 Å². The normalized spacial score (nSPS) is 16.0. The summed E-state index contributed by atoms with van der Waals surface area (Å²) in [7, 11) is 1.50. The fraction of sp³-hybridized carbons (Fsp3) is 0.357. The first-order valence-electron chi connectivity index (χ1n) is 12.4. The molecule has 2 amide bonds. The van der Waals surface area contributed by atoms with Crippen molar-refractivity contribution in [2.75, 3.05) is 32.5 Å². The van der Waals surface area contributed by atoms with Crippen LogP contribution in [-0.2, 0) is 0 Å². The summed E-state index contributed by atoms with van der Waals surface area (Å²) in [6.45, 7) is 2.38. The van der Waals surface area contributed by atoms with Gasteiger partial charge in [0.1, 0.15) is 5.75 Å². The Morgan fingerprint density at radius 3 is 2.67 bits per heavy atom. The van der Waals surface area contributed by atoms with E-state index >= 15 is 0 Å². The third-order valence-corrected chi connectivity index (χ3v) is 7.11. The second-order valence-corrected chi connectivity index (χ2v) is 9.63. The zero-order valence-corrected chi connectivity index (χ0v) is 21.2. The lowest BCUT2D eigenvalue weighted by Gasteiger charge is -2.25. The SMILES string of the molecule is COc1cc(N)c(Cl)cc1C(=O)NC(CCCCNC(=O)c1ccc2ccccc2c1)[C@@H]1CCNC1. The first-order valence-corrected chi connectivity index (χ1v) is 12.8. The van der Waals surface area contributed by atoms with Crippen molar-refractivity contribution in [1.82, 2.24) is 16.0 Å². The number of amides is 2. The minimum Gasteiger partial charge on any atom is -0.496 e. The maximum atomic E-state index is 13.1. The third kappa shape index (κ3) is 6.28. The minimum absolute atomic E-state index is 0.00437. The molecule has 1 aliphatic rings. The number of fused-ring (bicyclic) bond motifs is 1. The van der Waals surface area contributed by atoms with Gasteiger partial charge < -0.3 is 26.4 Å². The number of carbonyl (C=O) groups is 2. The van der Waals surface area contributed by atoms with Crippen LogP contribution in [0.5, 0.6) is 5.75 Å². The first-order chi connectivity index (χ1) is 17.5. The van der Waals surface area contributed by atoms with Gasteiger partial charge >= 0.3 is 0 Å². The molecule has 0 spiro atoms. The smallest absolute Gasteiger partial charge is 0.255 e. The molecule has 5 N–H and O–H groups in total. The quantitative estimate of drug-likeness (QED) is 0.240. The molecule has 1 aliphatic heterocycles. The van der Waals surface area contributed by atoms with Gasteiger partial charge in [-0.25, -0.2) is 0 Å². The van der Waals surface area contributed by atoms with Gasteiger partial charge in [0, 0.05) is 24.2 Å². The summed E-state index contributed by atoms with van der Waals surface area (Å²) < 4.78 is 5.35. The number of nitrogens with two attached hydrogens (primary N) is 1. The van der Waals surface area contributed by atoms with Crippen molar-refractivity contribution in [3.05, 3.63) is 70.7 Å². The molecule has 1 fully saturated rings. The van der Waals surface area contributed by atoms with Crippen LogP contribution in [0.25, 0.3) is 10.8 Å². The molecule has 1 heterocycles. The molecule has 190 valence electrons. The van der Waals surface area contributed by atoms with E-state index in [1.807, 2.05) is 42.5 Å². The second-order valence-electron chi connectivity index (χ2n) is 9.22. The Bertz CT molecular complexity index is 1230. The molecular formula is C28H33ClN4O3. The molecule has 0 radical (unpaired) electrons. The Morgan fingerprint density at radius 1 is 1.11 bits per heavy atom. The number of rotatable bonds is 10. The maximum Gasteiger partial charge on any atom is 0.255 e. The van der Waals surface area contributed by atoms with Gasteiger partial charge in [-0.15, -0.1) is 0 Å². The van der Waals surface area contributed by atoms with E-state index in [4.69, 9.17) is 22.1 Å². The van der Waals surface area contributed by atoms with Crippen LogP contribution < -0.4 is 26.4 Å². The Hall–Kier alpha value is -3.29. The Labute approximate surface area is 216 Å². The number of benzene rings is 3. The van der Waals surface area contributed by atoms with Crippen molar-refractivity contribution in [1.29, 1.82) is 0 Å². The number of nitrogen functional groups attached to an aromatic ring is 1. The standard InChI is InChI=1S/C28H33ClN4O3/c1-36-26-16-24(30)23(29)15-22(26)28(35)33-25(21-11-13-31-17-21)8-4-5-12-32-27(34)20-10-9-18-6-2-3-7-19(18)14-20/h2-3,6-7,9-10,14-16,21,25,31H,4-5,8,11-13,17,30H2,1H3,(H,32,34)(H,33,35)/t21-,25?/m1/s1. The lowest BCUT2D eigenvalue weighted by molar-refractivity contribution is 0.0917. The molecule has 1 unspecified atom stereocenters. The predicted octanol–water partition coefficient (Wildman–Crippen LogP) is 4.39. The summed E-state index contributed by atoms with van der Waals surface area (Å²) >= 11 is 6.16. The fourth-order valence-corrected chi connectivity index (χ4v) is 4.90. The molecule has 0 aromatic heterocycles. The summed E-state index contributed by atoms with van der Waals surface area (Å²) in [4.78, 5) is 25.7. The molecule has 0 bridgehead atoms. The monoisotopic (exact) mass is 508 g/mol. The zero-order chi connectivity index (χ0) is 25.5. The molecule has 4 rings (SSSR count). The highest BCUT2D eigenvalue weighted by atomic mass is 35.5. The highest BCUT2D eigenvalue weighted by molar-refractivity contribution is 6.33. The van der Waals surface area contributed by atoms with Crippen LogP contribution in [0.3, 0.4) is 0 Å². The number of hydrogen-bond donors (Lipinski definition) is 4. The Kier molecular flexibility index (Phi) is 8.67. The van der Waals surface area contributed by atoms with Crippen LogP contribution in [-0.4, -0.2) is 44.6 Å². The number of hydrogen-bond acceptors (Lipinski definition) is 5. The predicted molar refractivity (Wildman–Crippen MR) is 145 cm³/mol. The van der Waals surface area contributed by atoms with Crippen molar-refractivity contribution < 1.29 is 14.3 Å². The molecule has 1 saturated heterocycles. The van der Waals surface area contributed by atoms with Crippen molar-refractivity contribution >= 4 is 39.9 Å². The second kappa shape index (κ2) is 12.1. The van der Waals surface area contributed by atoms with Gasteiger partial charge in [0.15, 0.2) is 0 Å². The largest absolute Gasteiger partial charge is 0.496 e. The molecule has 3 aromatic carbocycles. The maximum absolute atomic E-state index is 13.1. The molecular weight excluding hydrogens is 476 g/mol. The number of halogens is 1. The highest BCUT2D eigenvalue weighted by Gasteiger charge is 2.27. The van der Waals surface area contributed by atoms with Gasteiger partial charge in [-0.1, -0.05) is 41.9 Å². The molecule has 0 saturated carbocycles. The molecule has 0 aliphatic carbocycles. The van der Waals surface area contributed by atoms with Crippen LogP contribution in [0.1, 0.15) is 46.4 Å². The van der Waals surface area contributed by atoms with Gasteiger partial charge in [-0.2, -0.15) is 0 Å². The lowest BCUT2D eigenvalue weighted by Crippen LogP contribution is -2.41. The number of carbonyl (C=O) groups excluding carboxylic acids is 2. The summed E-state index contributed by atoms with van der Waals surface area (Å²) in [5, 5.41) is 12.1. The van der Waals surface area contributed by atoms with Crippen molar-refractivity contribution in [3.63, 3.8) is 0 Å². The molecule has 3 aromatic rings. The number of methoxy groups -OCH3 is 1. The highest BCUT2D eigenvalue weighted by Crippen LogP contribution is 2.29. The van der Waals surface area contributed by atoms with Crippen LogP contribution >= 0.6 is 11.6 Å². The Balaban J connectivity index is 1.31. The topological polar surface area (TPSA) is 105 Å².